The van der Waals surface area contributed by atoms with E-state index >= 15 is 0 Å². The fourth-order valence-electron chi connectivity index (χ4n) is 3.61. The van der Waals surface area contributed by atoms with Crippen molar-refractivity contribution in [1.29, 1.82) is 0 Å². The molecule has 2 amide bonds. The van der Waals surface area contributed by atoms with Crippen LogP contribution in [0.3, 0.4) is 0 Å². The minimum Gasteiger partial charge on any atom is -0.320 e. The van der Waals surface area contributed by atoms with Crippen molar-refractivity contribution in [1.82, 2.24) is 10.2 Å². The Hall–Kier alpha value is -4.01. The van der Waals surface area contributed by atoms with Gasteiger partial charge in [0.2, 0.25) is 0 Å². The predicted molar refractivity (Wildman–Crippen MR) is 135 cm³/mol. The SMILES string of the molecule is COOCc1ccc(NC(=O)c2ccc3cn[nH]c3c2)c(NC(=O)c2ccc(C(C)(C)C)cc2)c1. The van der Waals surface area contributed by atoms with E-state index in [1.807, 2.05) is 18.2 Å². The smallest absolute Gasteiger partial charge is 0.255 e. The normalized spacial score (nSPS) is 11.4. The van der Waals surface area contributed by atoms with Crippen molar-refractivity contribution < 1.29 is 19.4 Å². The molecule has 0 unspecified atom stereocenters. The zero-order valence-electron chi connectivity index (χ0n) is 20.1. The number of amides is 2. The van der Waals surface area contributed by atoms with Crippen LogP contribution >= 0.6 is 0 Å². The number of fused-ring (bicyclic) bond motifs is 1. The zero-order chi connectivity index (χ0) is 25.0. The first-order valence-corrected chi connectivity index (χ1v) is 11.2. The molecular formula is C27H28N4O4. The monoisotopic (exact) mass is 472 g/mol. The molecule has 0 bridgehead atoms. The van der Waals surface area contributed by atoms with E-state index in [1.54, 1.807) is 48.7 Å². The Morgan fingerprint density at radius 3 is 2.29 bits per heavy atom. The minimum atomic E-state index is -0.313. The summed E-state index contributed by atoms with van der Waals surface area (Å²) in [5, 5.41) is 13.6. The summed E-state index contributed by atoms with van der Waals surface area (Å²) in [5.74, 6) is -0.600. The Kier molecular flexibility index (Phi) is 6.95. The number of carbonyl (C=O) groups excluding carboxylic acids is 2. The highest BCUT2D eigenvalue weighted by atomic mass is 17.2. The van der Waals surface area contributed by atoms with Crippen molar-refractivity contribution in [2.24, 2.45) is 0 Å². The summed E-state index contributed by atoms with van der Waals surface area (Å²) in [7, 11) is 1.43. The number of benzene rings is 3. The molecule has 8 heteroatoms. The van der Waals surface area contributed by atoms with Gasteiger partial charge in [0.25, 0.3) is 11.8 Å². The van der Waals surface area contributed by atoms with Gasteiger partial charge in [-0.15, -0.1) is 0 Å². The topological polar surface area (TPSA) is 105 Å². The van der Waals surface area contributed by atoms with E-state index in [0.717, 1.165) is 22.0 Å². The number of hydrogen-bond acceptors (Lipinski definition) is 5. The van der Waals surface area contributed by atoms with Gasteiger partial charge >= 0.3 is 0 Å². The van der Waals surface area contributed by atoms with Gasteiger partial charge in [-0.1, -0.05) is 45.0 Å². The number of nitrogens with zero attached hydrogens (tertiary/aromatic N) is 1. The lowest BCUT2D eigenvalue weighted by Crippen LogP contribution is -2.17. The number of nitrogens with one attached hydrogen (secondary N) is 3. The number of carbonyl (C=O) groups is 2. The summed E-state index contributed by atoms with van der Waals surface area (Å²) in [6.45, 7) is 6.54. The second-order valence-corrected chi connectivity index (χ2v) is 9.22. The summed E-state index contributed by atoms with van der Waals surface area (Å²) < 4.78 is 0. The third kappa shape index (κ3) is 5.74. The van der Waals surface area contributed by atoms with E-state index in [9.17, 15) is 9.59 Å². The maximum absolute atomic E-state index is 13.0. The maximum atomic E-state index is 13.0. The molecule has 180 valence electrons. The largest absolute Gasteiger partial charge is 0.320 e. The molecule has 1 heterocycles. The lowest BCUT2D eigenvalue weighted by Gasteiger charge is -2.19. The lowest BCUT2D eigenvalue weighted by atomic mass is 9.87. The van der Waals surface area contributed by atoms with Gasteiger partial charge in [0.05, 0.1) is 30.2 Å². The summed E-state index contributed by atoms with van der Waals surface area (Å²) in [6.07, 6.45) is 1.69. The van der Waals surface area contributed by atoms with E-state index in [-0.39, 0.29) is 23.8 Å². The van der Waals surface area contributed by atoms with E-state index < -0.39 is 0 Å². The number of H-pyrrole nitrogens is 1. The number of rotatable bonds is 7. The van der Waals surface area contributed by atoms with Crippen molar-refractivity contribution in [3.63, 3.8) is 0 Å². The Labute approximate surface area is 203 Å². The van der Waals surface area contributed by atoms with Crippen LogP contribution in [-0.2, 0) is 21.8 Å². The van der Waals surface area contributed by atoms with Gasteiger partial charge < -0.3 is 10.6 Å². The molecule has 0 radical (unpaired) electrons. The molecule has 0 fully saturated rings. The van der Waals surface area contributed by atoms with Gasteiger partial charge in [-0.2, -0.15) is 5.10 Å². The van der Waals surface area contributed by atoms with Gasteiger partial charge in [-0.25, -0.2) is 9.78 Å². The summed E-state index contributed by atoms with van der Waals surface area (Å²) in [5.41, 5.74) is 4.53. The van der Waals surface area contributed by atoms with Gasteiger partial charge in [-0.3, -0.25) is 14.7 Å². The Morgan fingerprint density at radius 1 is 0.886 bits per heavy atom. The van der Waals surface area contributed by atoms with Crippen molar-refractivity contribution >= 4 is 34.1 Å². The Balaban J connectivity index is 1.58. The molecule has 3 aromatic carbocycles. The fraction of sp³-hybridized carbons (Fsp3) is 0.222. The highest BCUT2D eigenvalue weighted by Gasteiger charge is 2.17. The van der Waals surface area contributed by atoms with E-state index in [0.29, 0.717) is 22.5 Å². The van der Waals surface area contributed by atoms with Gasteiger partial charge in [0.15, 0.2) is 0 Å². The quantitative estimate of drug-likeness (QED) is 0.245. The molecule has 0 aliphatic heterocycles. The fourth-order valence-corrected chi connectivity index (χ4v) is 3.61. The zero-order valence-corrected chi connectivity index (χ0v) is 20.1. The average molecular weight is 473 g/mol. The molecule has 0 saturated carbocycles. The standard InChI is InChI=1S/C27H28N4O4/c1-27(2,3)21-10-8-18(9-11-21)25(32)30-24-13-17(16-35-34-4)5-12-22(24)29-26(33)19-6-7-20-15-28-31-23(20)14-19/h5-15H,16H2,1-4H3,(H,28,31)(H,29,33)(H,30,32). The lowest BCUT2D eigenvalue weighted by molar-refractivity contribution is -0.282. The number of aromatic nitrogens is 2. The molecule has 1 aromatic heterocycles. The minimum absolute atomic E-state index is 0.0126. The predicted octanol–water partition coefficient (Wildman–Crippen LogP) is 5.44. The molecule has 0 aliphatic rings. The Morgan fingerprint density at radius 2 is 1.57 bits per heavy atom. The van der Waals surface area contributed by atoms with Crippen molar-refractivity contribution in [3.05, 3.63) is 89.1 Å². The molecule has 0 aliphatic carbocycles. The van der Waals surface area contributed by atoms with Crippen LogP contribution in [0.5, 0.6) is 0 Å². The molecule has 0 saturated heterocycles. The summed E-state index contributed by atoms with van der Waals surface area (Å²) in [6, 6.07) is 18.0. The molecule has 0 atom stereocenters. The number of anilines is 2. The van der Waals surface area contributed by atoms with Gasteiger partial charge in [-0.05, 0) is 52.9 Å². The van der Waals surface area contributed by atoms with Crippen LogP contribution in [0.15, 0.2) is 66.9 Å². The van der Waals surface area contributed by atoms with Crippen LogP contribution in [0, 0.1) is 0 Å². The Bertz CT molecular complexity index is 1350. The van der Waals surface area contributed by atoms with Crippen LogP contribution in [0.4, 0.5) is 11.4 Å². The molecule has 4 rings (SSSR count). The molecule has 3 N–H and O–H groups in total. The second-order valence-electron chi connectivity index (χ2n) is 9.22. The summed E-state index contributed by atoms with van der Waals surface area (Å²) >= 11 is 0. The van der Waals surface area contributed by atoms with Crippen LogP contribution in [0.25, 0.3) is 10.9 Å². The third-order valence-corrected chi connectivity index (χ3v) is 5.64. The average Bonchev–Trinajstić information content (AvgIpc) is 3.31. The van der Waals surface area contributed by atoms with Crippen LogP contribution < -0.4 is 10.6 Å². The molecular weight excluding hydrogens is 444 g/mol. The van der Waals surface area contributed by atoms with Crippen molar-refractivity contribution in [3.8, 4) is 0 Å². The van der Waals surface area contributed by atoms with Crippen LogP contribution in [0.2, 0.25) is 0 Å². The highest BCUT2D eigenvalue weighted by molar-refractivity contribution is 6.10. The van der Waals surface area contributed by atoms with E-state index in [4.69, 9.17) is 9.78 Å². The molecule has 35 heavy (non-hydrogen) atoms. The van der Waals surface area contributed by atoms with Crippen LogP contribution in [-0.4, -0.2) is 29.1 Å². The highest BCUT2D eigenvalue weighted by Crippen LogP contribution is 2.27. The number of aromatic amines is 1. The first-order chi connectivity index (χ1) is 16.7. The first-order valence-electron chi connectivity index (χ1n) is 11.2. The van der Waals surface area contributed by atoms with Gasteiger partial charge in [0.1, 0.15) is 6.61 Å². The molecule has 4 aromatic rings. The van der Waals surface area contributed by atoms with Crippen LogP contribution in [0.1, 0.15) is 52.6 Å². The van der Waals surface area contributed by atoms with E-state index in [2.05, 4.69) is 41.6 Å². The summed E-state index contributed by atoms with van der Waals surface area (Å²) in [4.78, 5) is 35.7. The maximum Gasteiger partial charge on any atom is 0.255 e. The first kappa shape index (κ1) is 24.1. The third-order valence-electron chi connectivity index (χ3n) is 5.64. The number of hydrogen-bond donors (Lipinski definition) is 3. The van der Waals surface area contributed by atoms with Crippen molar-refractivity contribution in [2.75, 3.05) is 17.7 Å². The molecule has 8 nitrogen and oxygen atoms in total. The van der Waals surface area contributed by atoms with E-state index in [1.165, 1.54) is 7.11 Å². The van der Waals surface area contributed by atoms with Crippen molar-refractivity contribution in [2.45, 2.75) is 32.8 Å². The molecule has 0 spiro atoms. The van der Waals surface area contributed by atoms with Gasteiger partial charge in [0, 0.05) is 16.5 Å². The second kappa shape index (κ2) is 10.1.